The lowest BCUT2D eigenvalue weighted by molar-refractivity contribution is -0.248. The van der Waals surface area contributed by atoms with Crippen LogP contribution in [0.15, 0.2) is 18.2 Å². The SMILES string of the molecule is COc1ccc2c(c1)CC(C)C1C2C(O)CC2(C)C1CCC21OCCO1. The summed E-state index contributed by atoms with van der Waals surface area (Å²) in [6, 6.07) is 6.41. The van der Waals surface area contributed by atoms with Gasteiger partial charge >= 0.3 is 0 Å². The molecule has 6 atom stereocenters. The Morgan fingerprint density at radius 1 is 1.23 bits per heavy atom. The first kappa shape index (κ1) is 17.0. The van der Waals surface area contributed by atoms with E-state index in [0.717, 1.165) is 31.4 Å². The highest BCUT2D eigenvalue weighted by molar-refractivity contribution is 5.42. The summed E-state index contributed by atoms with van der Waals surface area (Å²) in [7, 11) is 1.72. The maximum atomic E-state index is 11.3. The van der Waals surface area contributed by atoms with Gasteiger partial charge in [0.2, 0.25) is 0 Å². The Hall–Kier alpha value is -1.10. The lowest BCUT2D eigenvalue weighted by atomic mass is 9.51. The van der Waals surface area contributed by atoms with Crippen molar-refractivity contribution in [2.24, 2.45) is 23.2 Å². The standard InChI is InChI=1S/C22H30O4/c1-13-10-14-11-15(24-3)4-5-16(14)20-18(23)12-21(2)17(19(13)20)6-7-22(21)25-8-9-26-22/h4-5,11,13,17-20,23H,6-10,12H2,1-3H3. The summed E-state index contributed by atoms with van der Waals surface area (Å²) in [4.78, 5) is 0. The van der Waals surface area contributed by atoms with E-state index < -0.39 is 5.79 Å². The molecule has 0 amide bonds. The summed E-state index contributed by atoms with van der Waals surface area (Å²) in [6.07, 6.45) is 3.57. The lowest BCUT2D eigenvalue weighted by Crippen LogP contribution is -2.56. The molecule has 3 fully saturated rings. The van der Waals surface area contributed by atoms with Crippen molar-refractivity contribution in [3.8, 4) is 5.75 Å². The molecule has 6 unspecified atom stereocenters. The van der Waals surface area contributed by atoms with Gasteiger partial charge < -0.3 is 19.3 Å². The lowest BCUT2D eigenvalue weighted by Gasteiger charge is -2.56. The Kier molecular flexibility index (Phi) is 3.73. The molecule has 1 spiro atoms. The first-order chi connectivity index (χ1) is 12.5. The molecule has 1 heterocycles. The van der Waals surface area contributed by atoms with Gasteiger partial charge in [0.05, 0.1) is 26.4 Å². The third-order valence-corrected chi connectivity index (χ3v) is 8.06. The van der Waals surface area contributed by atoms with Crippen molar-refractivity contribution < 1.29 is 19.3 Å². The second-order valence-electron chi connectivity index (χ2n) is 9.13. The Bertz CT molecular complexity index is 710. The first-order valence-corrected chi connectivity index (χ1v) is 10.1. The minimum Gasteiger partial charge on any atom is -0.497 e. The van der Waals surface area contributed by atoms with Crippen molar-refractivity contribution in [3.05, 3.63) is 29.3 Å². The van der Waals surface area contributed by atoms with E-state index in [-0.39, 0.29) is 17.4 Å². The van der Waals surface area contributed by atoms with Crippen LogP contribution in [0, 0.1) is 23.2 Å². The maximum absolute atomic E-state index is 11.3. The number of aliphatic hydroxyl groups is 1. The van der Waals surface area contributed by atoms with Gasteiger partial charge in [0.25, 0.3) is 0 Å². The maximum Gasteiger partial charge on any atom is 0.174 e. The van der Waals surface area contributed by atoms with Crippen molar-refractivity contribution in [3.63, 3.8) is 0 Å². The number of methoxy groups -OCH3 is 1. The summed E-state index contributed by atoms with van der Waals surface area (Å²) in [5.41, 5.74) is 2.59. The van der Waals surface area contributed by atoms with Crippen LogP contribution in [-0.2, 0) is 15.9 Å². The molecule has 4 heteroatoms. The van der Waals surface area contributed by atoms with E-state index in [1.165, 1.54) is 11.1 Å². The van der Waals surface area contributed by atoms with Crippen LogP contribution in [0.2, 0.25) is 0 Å². The van der Waals surface area contributed by atoms with Crippen molar-refractivity contribution in [1.29, 1.82) is 0 Å². The molecule has 1 saturated heterocycles. The van der Waals surface area contributed by atoms with Gasteiger partial charge in [0.15, 0.2) is 5.79 Å². The Morgan fingerprint density at radius 3 is 2.73 bits per heavy atom. The fourth-order valence-corrected chi connectivity index (χ4v) is 7.01. The molecule has 1 N–H and O–H groups in total. The highest BCUT2D eigenvalue weighted by Crippen LogP contribution is 2.67. The normalized spacial score (nSPS) is 43.0. The summed E-state index contributed by atoms with van der Waals surface area (Å²) >= 11 is 0. The monoisotopic (exact) mass is 358 g/mol. The van der Waals surface area contributed by atoms with Gasteiger partial charge in [-0.05, 0) is 60.3 Å². The van der Waals surface area contributed by atoms with Crippen molar-refractivity contribution in [2.45, 2.75) is 57.3 Å². The van der Waals surface area contributed by atoms with E-state index in [2.05, 4.69) is 26.0 Å². The molecule has 3 aliphatic carbocycles. The van der Waals surface area contributed by atoms with Crippen LogP contribution in [0.3, 0.4) is 0 Å². The summed E-state index contributed by atoms with van der Waals surface area (Å²) in [5.74, 6) is 2.22. The minimum atomic E-state index is -0.469. The topological polar surface area (TPSA) is 47.9 Å². The van der Waals surface area contributed by atoms with E-state index in [1.807, 2.05) is 6.07 Å². The minimum absolute atomic E-state index is 0.0949. The van der Waals surface area contributed by atoms with Gasteiger partial charge in [-0.1, -0.05) is 19.9 Å². The third-order valence-electron chi connectivity index (χ3n) is 8.06. The predicted octanol–water partition coefficient (Wildman–Crippen LogP) is 3.51. The van der Waals surface area contributed by atoms with Crippen LogP contribution >= 0.6 is 0 Å². The average Bonchev–Trinajstić information content (AvgIpc) is 3.21. The molecule has 4 nitrogen and oxygen atoms in total. The Morgan fingerprint density at radius 2 is 2.00 bits per heavy atom. The highest BCUT2D eigenvalue weighted by Gasteiger charge is 2.67. The number of rotatable bonds is 1. The highest BCUT2D eigenvalue weighted by atomic mass is 16.7. The third kappa shape index (κ3) is 2.07. The van der Waals surface area contributed by atoms with Crippen LogP contribution in [0.4, 0.5) is 0 Å². The quantitative estimate of drug-likeness (QED) is 0.835. The zero-order chi connectivity index (χ0) is 18.1. The van der Waals surface area contributed by atoms with E-state index >= 15 is 0 Å². The van der Waals surface area contributed by atoms with Gasteiger partial charge in [-0.2, -0.15) is 0 Å². The van der Waals surface area contributed by atoms with E-state index in [9.17, 15) is 5.11 Å². The van der Waals surface area contributed by atoms with E-state index in [4.69, 9.17) is 14.2 Å². The Balaban J connectivity index is 1.57. The molecular weight excluding hydrogens is 328 g/mol. The smallest absolute Gasteiger partial charge is 0.174 e. The van der Waals surface area contributed by atoms with Crippen LogP contribution in [-0.4, -0.2) is 37.3 Å². The fraction of sp³-hybridized carbons (Fsp3) is 0.727. The molecule has 5 rings (SSSR count). The molecule has 0 bridgehead atoms. The molecule has 142 valence electrons. The van der Waals surface area contributed by atoms with Gasteiger partial charge in [0.1, 0.15) is 5.75 Å². The predicted molar refractivity (Wildman–Crippen MR) is 98.2 cm³/mol. The molecular formula is C22H30O4. The molecule has 2 saturated carbocycles. The number of fused-ring (bicyclic) bond motifs is 6. The number of aliphatic hydroxyl groups excluding tert-OH is 1. The first-order valence-electron chi connectivity index (χ1n) is 10.1. The van der Waals surface area contributed by atoms with Crippen LogP contribution in [0.25, 0.3) is 0 Å². The zero-order valence-corrected chi connectivity index (χ0v) is 16.0. The number of ether oxygens (including phenoxy) is 3. The molecule has 1 aromatic rings. The van der Waals surface area contributed by atoms with E-state index in [1.54, 1.807) is 7.11 Å². The second-order valence-corrected chi connectivity index (χ2v) is 9.13. The van der Waals surface area contributed by atoms with Gasteiger partial charge in [-0.3, -0.25) is 0 Å². The van der Waals surface area contributed by atoms with Crippen molar-refractivity contribution >= 4 is 0 Å². The average molecular weight is 358 g/mol. The molecule has 4 aliphatic rings. The van der Waals surface area contributed by atoms with Gasteiger partial charge in [-0.25, -0.2) is 0 Å². The molecule has 1 aliphatic heterocycles. The van der Waals surface area contributed by atoms with Gasteiger partial charge in [0, 0.05) is 17.8 Å². The van der Waals surface area contributed by atoms with Crippen molar-refractivity contribution in [2.75, 3.05) is 20.3 Å². The fourth-order valence-electron chi connectivity index (χ4n) is 7.01. The van der Waals surface area contributed by atoms with Gasteiger partial charge in [-0.15, -0.1) is 0 Å². The molecule has 26 heavy (non-hydrogen) atoms. The molecule has 0 aromatic heterocycles. The summed E-state index contributed by atoms with van der Waals surface area (Å²) < 4.78 is 17.8. The summed E-state index contributed by atoms with van der Waals surface area (Å²) in [5, 5.41) is 11.3. The van der Waals surface area contributed by atoms with Crippen LogP contribution < -0.4 is 4.74 Å². The van der Waals surface area contributed by atoms with Crippen molar-refractivity contribution in [1.82, 2.24) is 0 Å². The molecule has 0 radical (unpaired) electrons. The Labute approximate surface area is 155 Å². The number of benzene rings is 1. The number of hydrogen-bond acceptors (Lipinski definition) is 4. The zero-order valence-electron chi connectivity index (χ0n) is 16.0. The largest absolute Gasteiger partial charge is 0.497 e. The molecule has 1 aromatic carbocycles. The summed E-state index contributed by atoms with van der Waals surface area (Å²) in [6.45, 7) is 6.04. The van der Waals surface area contributed by atoms with Crippen LogP contribution in [0.1, 0.15) is 50.2 Å². The van der Waals surface area contributed by atoms with Crippen LogP contribution in [0.5, 0.6) is 5.75 Å². The second kappa shape index (κ2) is 5.70. The van der Waals surface area contributed by atoms with E-state index in [0.29, 0.717) is 31.0 Å². The number of hydrogen-bond donors (Lipinski definition) is 1.